The van der Waals surface area contributed by atoms with Crippen LogP contribution in [-0.2, 0) is 20.8 Å². The van der Waals surface area contributed by atoms with Crippen LogP contribution in [0.25, 0.3) is 6.08 Å². The smallest absolute Gasteiger partial charge is 0.455 e. The lowest BCUT2D eigenvalue weighted by Gasteiger charge is -2.43. The van der Waals surface area contributed by atoms with Crippen molar-refractivity contribution in [3.05, 3.63) is 73.9 Å². The van der Waals surface area contributed by atoms with Crippen LogP contribution in [0.15, 0.2) is 59.2 Å². The molecule has 2 aromatic rings. The molecule has 9 nitrogen and oxygen atoms in total. The first-order valence-electron chi connectivity index (χ1n) is 16.8. The molecule has 47 heavy (non-hydrogen) atoms. The molecule has 4 atom stereocenters. The van der Waals surface area contributed by atoms with E-state index in [1.807, 2.05) is 24.3 Å². The summed E-state index contributed by atoms with van der Waals surface area (Å²) in [5.74, 6) is -1.12. The number of carbonyl (C=O) groups is 2. The first kappa shape index (κ1) is 34.2. The lowest BCUT2D eigenvalue weighted by molar-refractivity contribution is -0.144. The summed E-state index contributed by atoms with van der Waals surface area (Å²) < 4.78 is 12.1. The van der Waals surface area contributed by atoms with Gasteiger partial charge >= 0.3 is 7.12 Å². The molecule has 0 aromatic heterocycles. The zero-order chi connectivity index (χ0) is 33.2. The number of hydrogen-bond donors (Lipinski definition) is 3. The molecule has 3 heterocycles. The highest BCUT2D eigenvalue weighted by Gasteiger charge is 2.58. The normalized spacial score (nSPS) is 25.8. The van der Waals surface area contributed by atoms with Gasteiger partial charge in [0.05, 0.1) is 35.2 Å². The molecule has 0 spiro atoms. The van der Waals surface area contributed by atoms with Gasteiger partial charge in [-0.15, -0.1) is 0 Å². The molecule has 0 unspecified atom stereocenters. The number of ether oxygens (including phenoxy) is 1. The van der Waals surface area contributed by atoms with Gasteiger partial charge in [0.25, 0.3) is 0 Å². The van der Waals surface area contributed by atoms with Gasteiger partial charge in [0, 0.05) is 25.7 Å². The van der Waals surface area contributed by atoms with Gasteiger partial charge in [0.1, 0.15) is 0 Å². The largest absolute Gasteiger partial charge is 0.504 e. The Labute approximate surface area is 290 Å². The van der Waals surface area contributed by atoms with Crippen LogP contribution in [0, 0.1) is 21.3 Å². The highest BCUT2D eigenvalue weighted by molar-refractivity contribution is 14.1. The van der Waals surface area contributed by atoms with Crippen LogP contribution in [0.5, 0.6) is 11.5 Å². The van der Waals surface area contributed by atoms with E-state index in [1.165, 1.54) is 12.7 Å². The van der Waals surface area contributed by atoms with Crippen LogP contribution < -0.4 is 4.74 Å². The number of phenols is 1. The van der Waals surface area contributed by atoms with Gasteiger partial charge in [0.2, 0.25) is 11.8 Å². The molecule has 3 saturated heterocycles. The number of likely N-dealkylation sites (tertiary alicyclic amines) is 2. The Kier molecular flexibility index (Phi) is 10.8. The minimum absolute atomic E-state index is 0.116. The zero-order valence-corrected chi connectivity index (χ0v) is 29.3. The molecule has 1 aliphatic carbocycles. The molecule has 3 fully saturated rings. The number of piperidine rings is 1. The molecule has 3 N–H and O–H groups in total. The highest BCUT2D eigenvalue weighted by atomic mass is 127. The van der Waals surface area contributed by atoms with Crippen LogP contribution in [0.3, 0.4) is 0 Å². The summed E-state index contributed by atoms with van der Waals surface area (Å²) >= 11 is 2.08. The Morgan fingerprint density at radius 1 is 1.13 bits per heavy atom. The summed E-state index contributed by atoms with van der Waals surface area (Å²) in [7, 11) is 0.475. The van der Waals surface area contributed by atoms with Crippen LogP contribution in [0.1, 0.15) is 56.6 Å². The van der Waals surface area contributed by atoms with Gasteiger partial charge in [0.15, 0.2) is 11.5 Å². The maximum Gasteiger partial charge on any atom is 0.455 e. The second-order valence-corrected chi connectivity index (χ2v) is 14.4. The standard InChI is InChI=1S/C36H44BIN2O7/c1-3-22(15-24-16-29(38)34(42)31(17-24)46-2)9-10-30-32-25(21-41)18-27-33(28(32)19-37(45)47-30)36(44)40(35(27)43)26-11-13-39(14-12-26)20-23-7-5-4-6-8-23/h4-8,15-17,26-28,30,33,41-42,45H,3,9-14,18-21H2,1-2H3/b22-15+/t27-,28+,30-,33-/m1/s1. The van der Waals surface area contributed by atoms with Gasteiger partial charge in [-0.2, -0.15) is 0 Å². The average molecular weight is 754 g/mol. The van der Waals surface area contributed by atoms with Crippen molar-refractivity contribution >= 4 is 47.6 Å². The van der Waals surface area contributed by atoms with Crippen molar-refractivity contribution in [3.8, 4) is 11.5 Å². The van der Waals surface area contributed by atoms with Crippen molar-refractivity contribution in [1.29, 1.82) is 0 Å². The quantitative estimate of drug-likeness (QED) is 0.134. The number of fused-ring (bicyclic) bond motifs is 3. The van der Waals surface area contributed by atoms with E-state index in [-0.39, 0.29) is 42.5 Å². The summed E-state index contributed by atoms with van der Waals surface area (Å²) in [6, 6.07) is 13.9. The predicted molar refractivity (Wildman–Crippen MR) is 188 cm³/mol. The number of allylic oxidation sites excluding steroid dienone is 1. The Hall–Kier alpha value is -2.71. The molecule has 3 aliphatic heterocycles. The van der Waals surface area contributed by atoms with Crippen molar-refractivity contribution in [2.45, 2.75) is 70.5 Å². The number of hydrogen-bond acceptors (Lipinski definition) is 8. The molecule has 2 aromatic carbocycles. The maximum atomic E-state index is 14.2. The number of benzene rings is 2. The minimum atomic E-state index is -1.05. The molecule has 6 rings (SSSR count). The second-order valence-electron chi connectivity index (χ2n) is 13.3. The Morgan fingerprint density at radius 3 is 2.55 bits per heavy atom. The maximum absolute atomic E-state index is 14.2. The number of aromatic hydroxyl groups is 1. The first-order valence-corrected chi connectivity index (χ1v) is 17.9. The fourth-order valence-corrected chi connectivity index (χ4v) is 8.83. The molecule has 250 valence electrons. The average Bonchev–Trinajstić information content (AvgIpc) is 3.33. The fourth-order valence-electron chi connectivity index (χ4n) is 8.21. The van der Waals surface area contributed by atoms with Gasteiger partial charge in [-0.1, -0.05) is 48.9 Å². The second kappa shape index (κ2) is 14.8. The number of methoxy groups -OCH3 is 1. The van der Waals surface area contributed by atoms with Gasteiger partial charge < -0.3 is 24.6 Å². The van der Waals surface area contributed by atoms with Crippen molar-refractivity contribution in [2.24, 2.45) is 17.8 Å². The molecule has 4 aliphatic rings. The third-order valence-electron chi connectivity index (χ3n) is 10.5. The third kappa shape index (κ3) is 7.06. The van der Waals surface area contributed by atoms with Crippen LogP contribution >= 0.6 is 22.6 Å². The van der Waals surface area contributed by atoms with Crippen molar-refractivity contribution in [2.75, 3.05) is 26.8 Å². The monoisotopic (exact) mass is 754 g/mol. The van der Waals surface area contributed by atoms with Crippen molar-refractivity contribution in [3.63, 3.8) is 0 Å². The lowest BCUT2D eigenvalue weighted by atomic mass is 9.58. The SMILES string of the molecule is CC/C(=C\c1cc(I)c(O)c(OC)c1)CC[C@H]1OB(O)C[C@H]2C1=C(CO)C[C@H]1C(=O)N(C3CCN(Cc4ccccc4)CC3)C(=O)[C@H]12. The van der Waals surface area contributed by atoms with E-state index in [2.05, 4.69) is 52.6 Å². The van der Waals surface area contributed by atoms with E-state index in [9.17, 15) is 24.8 Å². The fraction of sp³-hybridized carbons (Fsp3) is 0.500. The molecular formula is C36H44BIN2O7. The van der Waals surface area contributed by atoms with E-state index in [4.69, 9.17) is 9.39 Å². The number of amides is 2. The number of carbonyl (C=O) groups excluding carboxylic acids is 2. The Bertz CT molecular complexity index is 1540. The number of imide groups is 1. The number of aliphatic hydroxyl groups excluding tert-OH is 1. The van der Waals surface area contributed by atoms with E-state index in [0.717, 1.165) is 61.2 Å². The molecule has 0 saturated carbocycles. The van der Waals surface area contributed by atoms with E-state index < -0.39 is 25.1 Å². The topological polar surface area (TPSA) is 120 Å². The van der Waals surface area contributed by atoms with Crippen LogP contribution in [0.2, 0.25) is 6.32 Å². The van der Waals surface area contributed by atoms with Gasteiger partial charge in [-0.3, -0.25) is 19.4 Å². The summed E-state index contributed by atoms with van der Waals surface area (Å²) in [5, 5.41) is 31.7. The summed E-state index contributed by atoms with van der Waals surface area (Å²) in [4.78, 5) is 32.0. The van der Waals surface area contributed by atoms with Gasteiger partial charge in [-0.25, -0.2) is 0 Å². The molecule has 11 heteroatoms. The Morgan fingerprint density at radius 2 is 1.87 bits per heavy atom. The molecular weight excluding hydrogens is 710 g/mol. The summed E-state index contributed by atoms with van der Waals surface area (Å²) in [6.07, 6.45) is 5.73. The number of aliphatic hydroxyl groups is 1. The molecule has 2 amide bonds. The first-order chi connectivity index (χ1) is 22.7. The lowest BCUT2D eigenvalue weighted by Crippen LogP contribution is -2.48. The Balaban J connectivity index is 1.17. The van der Waals surface area contributed by atoms with Crippen LogP contribution in [0.4, 0.5) is 0 Å². The number of nitrogens with zero attached hydrogens (tertiary/aromatic N) is 2. The molecule has 0 bridgehead atoms. The predicted octanol–water partition coefficient (Wildman–Crippen LogP) is 5.03. The molecule has 0 radical (unpaired) electrons. The van der Waals surface area contributed by atoms with Crippen LogP contribution in [-0.4, -0.2) is 82.9 Å². The summed E-state index contributed by atoms with van der Waals surface area (Å²) in [6.45, 7) is 4.37. The van der Waals surface area contributed by atoms with Crippen molar-refractivity contribution in [1.82, 2.24) is 9.80 Å². The third-order valence-corrected chi connectivity index (χ3v) is 11.3. The van der Waals surface area contributed by atoms with Gasteiger partial charge in [-0.05, 0) is 108 Å². The van der Waals surface area contributed by atoms with E-state index >= 15 is 0 Å². The highest BCUT2D eigenvalue weighted by Crippen LogP contribution is 2.51. The van der Waals surface area contributed by atoms with E-state index in [0.29, 0.717) is 28.6 Å². The zero-order valence-electron chi connectivity index (χ0n) is 27.1. The number of halogens is 1. The van der Waals surface area contributed by atoms with Crippen molar-refractivity contribution < 1.29 is 34.2 Å². The van der Waals surface area contributed by atoms with E-state index in [1.54, 1.807) is 11.0 Å². The number of phenolic OH excluding ortho intramolecular Hbond substituents is 1. The number of rotatable bonds is 10. The minimum Gasteiger partial charge on any atom is -0.504 e. The summed E-state index contributed by atoms with van der Waals surface area (Å²) in [5.41, 5.74) is 5.00.